The molecule has 1 aliphatic heterocycles. The first-order chi connectivity index (χ1) is 11.6. The topological polar surface area (TPSA) is 54.3 Å². The highest BCUT2D eigenvalue weighted by Gasteiger charge is 2.20. The zero-order valence-corrected chi connectivity index (χ0v) is 14.6. The molecule has 0 atom stereocenters. The summed E-state index contributed by atoms with van der Waals surface area (Å²) in [6, 6.07) is 6.47. The SMILES string of the molecule is CN1CCN(C(=O)CSc2nnc(-c3ccccc3F)n2C)CC1. The van der Waals surface area contributed by atoms with E-state index in [0.29, 0.717) is 22.3 Å². The Labute approximate surface area is 144 Å². The molecule has 0 N–H and O–H groups in total. The first kappa shape index (κ1) is 16.9. The molecule has 0 unspecified atom stereocenters. The second-order valence-electron chi connectivity index (χ2n) is 5.82. The number of amides is 1. The van der Waals surface area contributed by atoms with Gasteiger partial charge in [-0.15, -0.1) is 10.2 Å². The lowest BCUT2D eigenvalue weighted by atomic mass is 10.2. The minimum atomic E-state index is -0.335. The highest BCUT2D eigenvalue weighted by atomic mass is 32.2. The normalized spacial score (nSPS) is 15.7. The zero-order chi connectivity index (χ0) is 17.1. The molecule has 0 spiro atoms. The Morgan fingerprint density at radius 1 is 1.17 bits per heavy atom. The third-order valence-corrected chi connectivity index (χ3v) is 5.14. The number of piperazine rings is 1. The largest absolute Gasteiger partial charge is 0.339 e. The van der Waals surface area contributed by atoms with Crippen molar-refractivity contribution in [3.05, 3.63) is 30.1 Å². The van der Waals surface area contributed by atoms with Crippen molar-refractivity contribution in [3.63, 3.8) is 0 Å². The van der Waals surface area contributed by atoms with Gasteiger partial charge < -0.3 is 14.4 Å². The van der Waals surface area contributed by atoms with Gasteiger partial charge in [-0.1, -0.05) is 23.9 Å². The molecule has 6 nitrogen and oxygen atoms in total. The molecule has 1 fully saturated rings. The molecular weight excluding hydrogens is 329 g/mol. The van der Waals surface area contributed by atoms with Crippen molar-refractivity contribution in [1.29, 1.82) is 0 Å². The molecule has 0 saturated carbocycles. The highest BCUT2D eigenvalue weighted by Crippen LogP contribution is 2.24. The van der Waals surface area contributed by atoms with Crippen LogP contribution in [0.5, 0.6) is 0 Å². The molecule has 1 aliphatic rings. The Morgan fingerprint density at radius 3 is 2.58 bits per heavy atom. The fourth-order valence-electron chi connectivity index (χ4n) is 2.59. The Kier molecular flexibility index (Phi) is 5.15. The van der Waals surface area contributed by atoms with Gasteiger partial charge in [0.25, 0.3) is 0 Å². The van der Waals surface area contributed by atoms with E-state index in [1.165, 1.54) is 17.8 Å². The number of halogens is 1. The van der Waals surface area contributed by atoms with Crippen LogP contribution >= 0.6 is 11.8 Å². The lowest BCUT2D eigenvalue weighted by Crippen LogP contribution is -2.47. The van der Waals surface area contributed by atoms with Crippen LogP contribution in [0.2, 0.25) is 0 Å². The van der Waals surface area contributed by atoms with Gasteiger partial charge in [0.2, 0.25) is 5.91 Å². The van der Waals surface area contributed by atoms with Crippen molar-refractivity contribution in [2.75, 3.05) is 39.0 Å². The highest BCUT2D eigenvalue weighted by molar-refractivity contribution is 7.99. The van der Waals surface area contributed by atoms with Crippen LogP contribution < -0.4 is 0 Å². The summed E-state index contributed by atoms with van der Waals surface area (Å²) in [5.74, 6) is 0.539. The number of likely N-dealkylation sites (N-methyl/N-ethyl adjacent to an activating group) is 1. The first-order valence-corrected chi connectivity index (χ1v) is 8.78. The van der Waals surface area contributed by atoms with Crippen molar-refractivity contribution >= 4 is 17.7 Å². The Morgan fingerprint density at radius 2 is 1.88 bits per heavy atom. The van der Waals surface area contributed by atoms with Crippen molar-refractivity contribution in [2.45, 2.75) is 5.16 Å². The molecule has 8 heteroatoms. The van der Waals surface area contributed by atoms with E-state index in [2.05, 4.69) is 22.1 Å². The third kappa shape index (κ3) is 3.59. The molecule has 0 bridgehead atoms. The number of nitrogens with zero attached hydrogens (tertiary/aromatic N) is 5. The van der Waals surface area contributed by atoms with Crippen LogP contribution in [-0.2, 0) is 11.8 Å². The number of hydrogen-bond donors (Lipinski definition) is 0. The molecule has 1 amide bonds. The average Bonchev–Trinajstić information content (AvgIpc) is 2.94. The molecule has 1 aromatic carbocycles. The van der Waals surface area contributed by atoms with Gasteiger partial charge >= 0.3 is 0 Å². The molecule has 24 heavy (non-hydrogen) atoms. The third-order valence-electron chi connectivity index (χ3n) is 4.13. The molecule has 2 heterocycles. The number of hydrogen-bond acceptors (Lipinski definition) is 5. The second kappa shape index (κ2) is 7.31. The van der Waals surface area contributed by atoms with Crippen molar-refractivity contribution in [3.8, 4) is 11.4 Å². The van der Waals surface area contributed by atoms with Crippen LogP contribution in [0.1, 0.15) is 0 Å². The van der Waals surface area contributed by atoms with E-state index < -0.39 is 0 Å². The van der Waals surface area contributed by atoms with Crippen LogP contribution in [0.25, 0.3) is 11.4 Å². The van der Waals surface area contributed by atoms with E-state index in [4.69, 9.17) is 0 Å². The van der Waals surface area contributed by atoms with Gasteiger partial charge in [0, 0.05) is 33.2 Å². The minimum Gasteiger partial charge on any atom is -0.339 e. The minimum absolute atomic E-state index is 0.101. The first-order valence-electron chi connectivity index (χ1n) is 7.79. The standard InChI is InChI=1S/C16H20FN5OS/c1-20-7-9-22(10-8-20)14(23)11-24-16-19-18-15(21(16)2)12-5-3-4-6-13(12)17/h3-6H,7-11H2,1-2H3. The van der Waals surface area contributed by atoms with Gasteiger partial charge in [0.05, 0.1) is 11.3 Å². The van der Waals surface area contributed by atoms with E-state index >= 15 is 0 Å². The van der Waals surface area contributed by atoms with E-state index in [1.807, 2.05) is 4.90 Å². The number of benzene rings is 1. The predicted octanol–water partition coefficient (Wildman–Crippen LogP) is 1.49. The van der Waals surface area contributed by atoms with Crippen LogP contribution in [0.3, 0.4) is 0 Å². The summed E-state index contributed by atoms with van der Waals surface area (Å²) in [4.78, 5) is 16.4. The van der Waals surface area contributed by atoms with Crippen molar-refractivity contribution in [1.82, 2.24) is 24.6 Å². The summed E-state index contributed by atoms with van der Waals surface area (Å²) < 4.78 is 15.6. The lowest BCUT2D eigenvalue weighted by Gasteiger charge is -2.32. The maximum atomic E-state index is 13.9. The van der Waals surface area contributed by atoms with Crippen LogP contribution in [0, 0.1) is 5.82 Å². The van der Waals surface area contributed by atoms with Gasteiger partial charge in [-0.25, -0.2) is 4.39 Å². The second-order valence-corrected chi connectivity index (χ2v) is 6.76. The fraction of sp³-hybridized carbons (Fsp3) is 0.438. The molecule has 0 radical (unpaired) electrons. The van der Waals surface area contributed by atoms with Crippen molar-refractivity contribution in [2.24, 2.45) is 7.05 Å². The summed E-state index contributed by atoms with van der Waals surface area (Å²) in [5, 5.41) is 8.77. The molecule has 1 saturated heterocycles. The molecule has 3 rings (SSSR count). The van der Waals surface area contributed by atoms with Gasteiger partial charge in [0.1, 0.15) is 5.82 Å². The number of thioether (sulfide) groups is 1. The van der Waals surface area contributed by atoms with Crippen LogP contribution in [-0.4, -0.2) is 69.5 Å². The summed E-state index contributed by atoms with van der Waals surface area (Å²) in [6.07, 6.45) is 0. The molecule has 1 aromatic heterocycles. The number of aromatic nitrogens is 3. The van der Waals surface area contributed by atoms with E-state index in [-0.39, 0.29) is 11.7 Å². The smallest absolute Gasteiger partial charge is 0.233 e. The van der Waals surface area contributed by atoms with Gasteiger partial charge in [-0.05, 0) is 19.2 Å². The lowest BCUT2D eigenvalue weighted by molar-refractivity contribution is -0.129. The van der Waals surface area contributed by atoms with E-state index in [0.717, 1.165) is 26.2 Å². The monoisotopic (exact) mass is 349 g/mol. The van der Waals surface area contributed by atoms with E-state index in [9.17, 15) is 9.18 Å². The summed E-state index contributed by atoms with van der Waals surface area (Å²) in [7, 11) is 3.84. The van der Waals surface area contributed by atoms with E-state index in [1.54, 1.807) is 29.8 Å². The Balaban J connectivity index is 1.65. The maximum Gasteiger partial charge on any atom is 0.233 e. The quantitative estimate of drug-likeness (QED) is 0.783. The molecule has 128 valence electrons. The average molecular weight is 349 g/mol. The zero-order valence-electron chi connectivity index (χ0n) is 13.8. The molecule has 2 aromatic rings. The molecule has 0 aliphatic carbocycles. The summed E-state index contributed by atoms with van der Waals surface area (Å²) >= 11 is 1.33. The number of carbonyl (C=O) groups excluding carboxylic acids is 1. The Bertz CT molecular complexity index is 727. The number of rotatable bonds is 4. The maximum absolute atomic E-state index is 13.9. The summed E-state index contributed by atoms with van der Waals surface area (Å²) in [6.45, 7) is 3.32. The van der Waals surface area contributed by atoms with Gasteiger partial charge in [-0.2, -0.15) is 0 Å². The fourth-order valence-corrected chi connectivity index (χ4v) is 3.40. The Hall–Kier alpha value is -1.93. The number of carbonyl (C=O) groups is 1. The summed E-state index contributed by atoms with van der Waals surface area (Å²) in [5.41, 5.74) is 0.407. The van der Waals surface area contributed by atoms with Crippen molar-refractivity contribution < 1.29 is 9.18 Å². The van der Waals surface area contributed by atoms with Crippen LogP contribution in [0.15, 0.2) is 29.4 Å². The molecular formula is C16H20FN5OS. The van der Waals surface area contributed by atoms with Crippen LogP contribution in [0.4, 0.5) is 4.39 Å². The predicted molar refractivity (Wildman–Crippen MR) is 91.2 cm³/mol. The van der Waals surface area contributed by atoms with Gasteiger partial charge in [0.15, 0.2) is 11.0 Å². The van der Waals surface area contributed by atoms with Gasteiger partial charge in [-0.3, -0.25) is 4.79 Å².